The van der Waals surface area contributed by atoms with Crippen LogP contribution >= 0.6 is 0 Å². The average molecular weight is 579 g/mol. The smallest absolute Gasteiger partial charge is 0.290 e. The fourth-order valence-corrected chi connectivity index (χ4v) is 6.55. The molecular weight excluding hydrogens is 536 g/mol. The maximum Gasteiger partial charge on any atom is 0.290 e. The van der Waals surface area contributed by atoms with Crippen molar-refractivity contribution in [1.29, 1.82) is 0 Å². The molecular formula is C32H42N4O6. The summed E-state index contributed by atoms with van der Waals surface area (Å²) >= 11 is 0. The Morgan fingerprint density at radius 2 is 1.24 bits per heavy atom. The number of hydrogen-bond donors (Lipinski definition) is 4. The first-order chi connectivity index (χ1) is 18.5. The SMILES string of the molecule is CC(=O)Nc1cc2c(cc1-c1c(O)[c+](-c3cc4c(cc3NC(C)=O)N(C)C(C)C4(C)C)[c+]1O)C(C)(C)C(C)N2C.[OH-].[OH-]. The lowest BCUT2D eigenvalue weighted by molar-refractivity contribution is -0.115. The quantitative estimate of drug-likeness (QED) is 0.288. The predicted molar refractivity (Wildman–Crippen MR) is 166 cm³/mol. The van der Waals surface area contributed by atoms with Crippen molar-refractivity contribution in [3.8, 4) is 33.8 Å². The molecule has 0 aromatic heterocycles. The van der Waals surface area contributed by atoms with E-state index >= 15 is 0 Å². The maximum atomic E-state index is 12.2. The standard InChI is InChI=1S/C32H38N4O4.2H2O/c1-15-31(5,6)21-11-19(23(33-17(3)37)13-25(21)35(15)9)27-29(39)28(30(27)40)20-12-22-26(14-24(20)34-18(4)38)36(10)16(2)32(22,7)8;;/h11-16,39H,1-10H3,(H-2,33,34,37,38,40);2*1H2. The number of amides is 2. The summed E-state index contributed by atoms with van der Waals surface area (Å²) in [5, 5.41) is 28.9. The summed E-state index contributed by atoms with van der Waals surface area (Å²) in [6, 6.07) is 8.19. The summed E-state index contributed by atoms with van der Waals surface area (Å²) < 4.78 is 0. The molecule has 0 radical (unpaired) electrons. The molecule has 2 unspecified atom stereocenters. The Bertz CT molecular complexity index is 1430. The number of carbonyl (C=O) groups is 2. The van der Waals surface area contributed by atoms with Crippen LogP contribution in [0, 0.1) is 0 Å². The second-order valence-corrected chi connectivity index (χ2v) is 12.7. The Kier molecular flexibility index (Phi) is 8.01. The van der Waals surface area contributed by atoms with Gasteiger partial charge in [0.15, 0.2) is 5.56 Å². The molecule has 3 aromatic carbocycles. The third-order valence-electron chi connectivity index (χ3n) is 9.78. The summed E-state index contributed by atoms with van der Waals surface area (Å²) in [4.78, 5) is 28.7. The van der Waals surface area contributed by atoms with Crippen molar-refractivity contribution >= 4 is 34.6 Å². The third-order valence-corrected chi connectivity index (χ3v) is 9.78. The van der Waals surface area contributed by atoms with Crippen LogP contribution < -0.4 is 20.4 Å². The highest BCUT2D eigenvalue weighted by molar-refractivity contribution is 6.08. The summed E-state index contributed by atoms with van der Waals surface area (Å²) in [6.45, 7) is 15.9. The average Bonchev–Trinajstić information content (AvgIpc) is 3.13. The zero-order valence-electron chi connectivity index (χ0n) is 26.0. The van der Waals surface area contributed by atoms with Crippen LogP contribution in [0.2, 0.25) is 0 Å². The van der Waals surface area contributed by atoms with Gasteiger partial charge in [0.1, 0.15) is 11.3 Å². The first-order valence-electron chi connectivity index (χ1n) is 13.8. The predicted octanol–water partition coefficient (Wildman–Crippen LogP) is 5.66. The number of hydrogen-bond acceptors (Lipinski definition) is 8. The van der Waals surface area contributed by atoms with Crippen LogP contribution in [-0.2, 0) is 20.4 Å². The van der Waals surface area contributed by atoms with Gasteiger partial charge < -0.3 is 36.3 Å². The van der Waals surface area contributed by atoms with Gasteiger partial charge in [-0.3, -0.25) is 14.9 Å². The number of nitrogens with zero attached hydrogens (tertiary/aromatic N) is 2. The molecule has 2 atom stereocenters. The minimum Gasteiger partial charge on any atom is -0.870 e. The van der Waals surface area contributed by atoms with Crippen molar-refractivity contribution in [2.45, 2.75) is 78.3 Å². The molecule has 0 spiro atoms. The Hall–Kier alpha value is -4.02. The molecule has 2 amide bonds. The molecule has 3 aromatic rings. The molecule has 10 nitrogen and oxygen atoms in total. The van der Waals surface area contributed by atoms with E-state index in [2.05, 4.69) is 62.0 Å². The van der Waals surface area contributed by atoms with Gasteiger partial charge in [0.05, 0.1) is 11.4 Å². The molecule has 2 heterocycles. The largest absolute Gasteiger partial charge is 0.870 e. The van der Waals surface area contributed by atoms with E-state index in [1.807, 2.05) is 38.4 Å². The summed E-state index contributed by atoms with van der Waals surface area (Å²) in [7, 11) is 4.06. The van der Waals surface area contributed by atoms with Crippen LogP contribution in [0.5, 0.6) is 11.5 Å². The zero-order valence-corrected chi connectivity index (χ0v) is 26.0. The zero-order chi connectivity index (χ0) is 29.6. The minimum absolute atomic E-state index is 0. The second kappa shape index (κ2) is 10.4. The highest BCUT2D eigenvalue weighted by Crippen LogP contribution is 2.60. The molecule has 6 N–H and O–H groups in total. The van der Waals surface area contributed by atoms with Crippen LogP contribution in [0.3, 0.4) is 0 Å². The first-order valence-corrected chi connectivity index (χ1v) is 13.8. The number of benzene rings is 2. The normalized spacial score (nSPS) is 19.5. The van der Waals surface area contributed by atoms with Gasteiger partial charge in [-0.1, -0.05) is 27.7 Å². The number of aromatic hydroxyl groups is 2. The van der Waals surface area contributed by atoms with Crippen molar-refractivity contribution in [1.82, 2.24) is 0 Å². The summed E-state index contributed by atoms with van der Waals surface area (Å²) in [5.74, 6) is -0.649. The van der Waals surface area contributed by atoms with Crippen LogP contribution in [0.4, 0.5) is 22.7 Å². The van der Waals surface area contributed by atoms with Gasteiger partial charge >= 0.3 is 0 Å². The number of fused-ring (bicyclic) bond motifs is 2. The summed E-state index contributed by atoms with van der Waals surface area (Å²) in [5.41, 5.74) is 6.46. The van der Waals surface area contributed by atoms with Crippen LogP contribution in [0.1, 0.15) is 66.5 Å². The van der Waals surface area contributed by atoms with Gasteiger partial charge in [0.2, 0.25) is 22.9 Å². The molecule has 2 aliphatic rings. The molecule has 0 bridgehead atoms. The van der Waals surface area contributed by atoms with Gasteiger partial charge in [-0.2, -0.15) is 0 Å². The monoisotopic (exact) mass is 578 g/mol. The van der Waals surface area contributed by atoms with E-state index in [0.717, 1.165) is 22.5 Å². The van der Waals surface area contributed by atoms with Crippen LogP contribution in [-0.4, -0.2) is 59.2 Å². The number of rotatable bonds is 4. The number of likely N-dealkylation sites (N-methyl/N-ethyl adjacent to an activating group) is 2. The topological polar surface area (TPSA) is 165 Å². The van der Waals surface area contributed by atoms with Crippen molar-refractivity contribution in [3.63, 3.8) is 0 Å². The van der Waals surface area contributed by atoms with Gasteiger partial charge in [0, 0.05) is 74.2 Å². The molecule has 226 valence electrons. The lowest BCUT2D eigenvalue weighted by Gasteiger charge is -2.28. The summed E-state index contributed by atoms with van der Waals surface area (Å²) in [6.07, 6.45) is 0. The van der Waals surface area contributed by atoms with Crippen molar-refractivity contribution in [2.75, 3.05) is 34.5 Å². The van der Waals surface area contributed by atoms with E-state index in [4.69, 9.17) is 0 Å². The molecule has 0 saturated carbocycles. The van der Waals surface area contributed by atoms with E-state index in [9.17, 15) is 19.8 Å². The Balaban J connectivity index is 0.00000242. The molecule has 10 heteroatoms. The minimum atomic E-state index is -0.246. The first kappa shape index (κ1) is 32.5. The molecule has 0 aliphatic carbocycles. The fraction of sp³-hybridized carbons (Fsp3) is 0.438. The van der Waals surface area contributed by atoms with E-state index in [1.54, 1.807) is 0 Å². The van der Waals surface area contributed by atoms with E-state index < -0.39 is 0 Å². The highest BCUT2D eigenvalue weighted by Gasteiger charge is 2.49. The Labute approximate surface area is 247 Å². The van der Waals surface area contributed by atoms with Gasteiger partial charge in [-0.15, -0.1) is 0 Å². The number of carbonyl (C=O) groups excluding carboxylic acids is 2. The van der Waals surface area contributed by atoms with Gasteiger partial charge in [-0.25, -0.2) is 0 Å². The molecule has 42 heavy (non-hydrogen) atoms. The van der Waals surface area contributed by atoms with Crippen LogP contribution in [0.15, 0.2) is 24.3 Å². The van der Waals surface area contributed by atoms with Gasteiger partial charge in [0.25, 0.3) is 11.5 Å². The lowest BCUT2D eigenvalue weighted by atomic mass is 9.78. The Morgan fingerprint density at radius 3 is 1.69 bits per heavy atom. The van der Waals surface area contributed by atoms with E-state index in [1.165, 1.54) is 13.8 Å². The molecule has 0 fully saturated rings. The third kappa shape index (κ3) is 4.40. The lowest BCUT2D eigenvalue weighted by Crippen LogP contribution is -2.36. The van der Waals surface area contributed by atoms with Crippen molar-refractivity contribution in [2.24, 2.45) is 0 Å². The van der Waals surface area contributed by atoms with Crippen molar-refractivity contribution in [3.05, 3.63) is 35.4 Å². The van der Waals surface area contributed by atoms with Gasteiger partial charge in [-0.05, 0) is 31.5 Å². The second-order valence-electron chi connectivity index (χ2n) is 12.7. The van der Waals surface area contributed by atoms with Crippen molar-refractivity contribution < 1.29 is 30.8 Å². The molecule has 0 saturated heterocycles. The molecule has 5 rings (SSSR count). The highest BCUT2D eigenvalue weighted by atomic mass is 16.3. The Morgan fingerprint density at radius 1 is 0.810 bits per heavy atom. The van der Waals surface area contributed by atoms with E-state index in [-0.39, 0.29) is 68.3 Å². The van der Waals surface area contributed by atoms with E-state index in [0.29, 0.717) is 22.5 Å². The maximum absolute atomic E-state index is 12.2. The number of nitrogens with one attached hydrogen (secondary N) is 2. The number of anilines is 4. The van der Waals surface area contributed by atoms with Crippen LogP contribution in [0.25, 0.3) is 22.3 Å². The fourth-order valence-electron chi connectivity index (χ4n) is 6.55. The molecule has 2 aliphatic heterocycles.